The third-order valence-corrected chi connectivity index (χ3v) is 3.37. The number of esters is 1. The predicted octanol–water partition coefficient (Wildman–Crippen LogP) is 2.61. The summed E-state index contributed by atoms with van der Waals surface area (Å²) < 4.78 is 5.09. The van der Waals surface area contributed by atoms with Crippen LogP contribution in [0.4, 0.5) is 0 Å². The van der Waals surface area contributed by atoms with Crippen molar-refractivity contribution in [2.75, 3.05) is 13.2 Å². The van der Waals surface area contributed by atoms with Crippen molar-refractivity contribution in [2.24, 2.45) is 11.3 Å². The highest BCUT2D eigenvalue weighted by Gasteiger charge is 2.44. The van der Waals surface area contributed by atoms with E-state index in [1.807, 2.05) is 25.7 Å². The Morgan fingerprint density at radius 1 is 1.26 bits per heavy atom. The van der Waals surface area contributed by atoms with Crippen molar-refractivity contribution < 1.29 is 14.3 Å². The van der Waals surface area contributed by atoms with E-state index in [-0.39, 0.29) is 11.9 Å². The molecule has 0 aromatic rings. The Labute approximate surface area is 116 Å². The molecule has 110 valence electrons. The van der Waals surface area contributed by atoms with Crippen LogP contribution in [-0.4, -0.2) is 36.0 Å². The van der Waals surface area contributed by atoms with Crippen LogP contribution in [0.1, 0.15) is 53.9 Å². The van der Waals surface area contributed by atoms with Gasteiger partial charge in [0, 0.05) is 12.6 Å². The molecule has 0 spiro atoms. The van der Waals surface area contributed by atoms with Crippen LogP contribution >= 0.6 is 0 Å². The van der Waals surface area contributed by atoms with Crippen molar-refractivity contribution >= 4 is 11.9 Å². The quantitative estimate of drug-likeness (QED) is 0.550. The minimum absolute atomic E-state index is 0.0599. The van der Waals surface area contributed by atoms with E-state index in [4.69, 9.17) is 4.74 Å². The number of nitrogens with zero attached hydrogens (tertiary/aromatic N) is 1. The molecule has 0 bridgehead atoms. The monoisotopic (exact) mass is 269 g/mol. The summed E-state index contributed by atoms with van der Waals surface area (Å²) in [5.74, 6) is -1.14. The van der Waals surface area contributed by atoms with Crippen molar-refractivity contribution in [3.8, 4) is 0 Å². The zero-order valence-corrected chi connectivity index (χ0v) is 12.9. The Balaban J connectivity index is 2.89. The molecule has 0 aromatic heterocycles. The summed E-state index contributed by atoms with van der Waals surface area (Å²) in [6.45, 7) is 10.6. The zero-order valence-electron chi connectivity index (χ0n) is 12.9. The maximum Gasteiger partial charge on any atom is 0.319 e. The van der Waals surface area contributed by atoms with E-state index in [9.17, 15) is 9.59 Å². The van der Waals surface area contributed by atoms with Gasteiger partial charge in [-0.15, -0.1) is 0 Å². The van der Waals surface area contributed by atoms with Crippen molar-refractivity contribution in [1.29, 1.82) is 0 Å². The minimum Gasteiger partial charge on any atom is -0.465 e. The molecule has 0 aromatic carbocycles. The van der Waals surface area contributed by atoms with Gasteiger partial charge in [-0.2, -0.15) is 0 Å². The standard InChI is InChI=1S/C15H27NO3/c1-6-10-16(11-8-9-11)13(17)12(15(3,4)5)14(18)19-7-2/h11-12H,6-10H2,1-5H3. The summed E-state index contributed by atoms with van der Waals surface area (Å²) in [7, 11) is 0. The number of carbonyl (C=O) groups is 2. The van der Waals surface area contributed by atoms with E-state index in [1.165, 1.54) is 0 Å². The van der Waals surface area contributed by atoms with Gasteiger partial charge in [-0.25, -0.2) is 0 Å². The second kappa shape index (κ2) is 6.40. The summed E-state index contributed by atoms with van der Waals surface area (Å²) in [6, 6.07) is 0.340. The van der Waals surface area contributed by atoms with Gasteiger partial charge in [0.25, 0.3) is 0 Å². The van der Waals surface area contributed by atoms with E-state index in [0.717, 1.165) is 25.8 Å². The predicted molar refractivity (Wildman–Crippen MR) is 74.6 cm³/mol. The Morgan fingerprint density at radius 2 is 1.84 bits per heavy atom. The summed E-state index contributed by atoms with van der Waals surface area (Å²) in [5, 5.41) is 0. The molecule has 0 heterocycles. The molecule has 1 atom stereocenters. The number of ether oxygens (including phenoxy) is 1. The number of hydrogen-bond donors (Lipinski definition) is 0. The number of rotatable bonds is 6. The molecule has 1 aliphatic carbocycles. The molecule has 1 rings (SSSR count). The molecule has 4 heteroatoms. The van der Waals surface area contributed by atoms with Crippen molar-refractivity contribution in [1.82, 2.24) is 4.90 Å². The van der Waals surface area contributed by atoms with E-state index in [1.54, 1.807) is 6.92 Å². The fourth-order valence-corrected chi connectivity index (χ4v) is 2.32. The highest BCUT2D eigenvalue weighted by atomic mass is 16.5. The molecule has 4 nitrogen and oxygen atoms in total. The molecule has 0 saturated heterocycles. The highest BCUT2D eigenvalue weighted by Crippen LogP contribution is 2.34. The highest BCUT2D eigenvalue weighted by molar-refractivity contribution is 5.98. The molecule has 1 amide bonds. The maximum absolute atomic E-state index is 12.7. The average Bonchev–Trinajstić information content (AvgIpc) is 3.07. The van der Waals surface area contributed by atoms with Crippen molar-refractivity contribution in [3.05, 3.63) is 0 Å². The third-order valence-electron chi connectivity index (χ3n) is 3.37. The lowest BCUT2D eigenvalue weighted by Gasteiger charge is -2.33. The maximum atomic E-state index is 12.7. The van der Waals surface area contributed by atoms with Gasteiger partial charge in [0.15, 0.2) is 0 Å². The molecular formula is C15H27NO3. The summed E-state index contributed by atoms with van der Waals surface area (Å²) in [6.07, 6.45) is 3.04. The zero-order chi connectivity index (χ0) is 14.6. The second-order valence-electron chi connectivity index (χ2n) is 6.31. The fourth-order valence-electron chi connectivity index (χ4n) is 2.32. The molecular weight excluding hydrogens is 242 g/mol. The first kappa shape index (κ1) is 16.0. The molecule has 1 unspecified atom stereocenters. The lowest BCUT2D eigenvalue weighted by molar-refractivity contribution is -0.160. The number of hydrogen-bond acceptors (Lipinski definition) is 3. The number of carbonyl (C=O) groups excluding carboxylic acids is 2. The molecule has 0 N–H and O–H groups in total. The van der Waals surface area contributed by atoms with Gasteiger partial charge in [-0.05, 0) is 31.6 Å². The Kier molecular flexibility index (Phi) is 5.39. The second-order valence-corrected chi connectivity index (χ2v) is 6.31. The molecule has 1 aliphatic rings. The summed E-state index contributed by atoms with van der Waals surface area (Å²) in [5.41, 5.74) is -0.412. The van der Waals surface area contributed by atoms with Gasteiger partial charge in [-0.1, -0.05) is 27.7 Å². The number of amides is 1. The lowest BCUT2D eigenvalue weighted by atomic mass is 9.79. The third kappa shape index (κ3) is 4.22. The normalized spacial score (nSPS) is 16.9. The summed E-state index contributed by atoms with van der Waals surface area (Å²) in [4.78, 5) is 26.7. The minimum atomic E-state index is -0.695. The largest absolute Gasteiger partial charge is 0.465 e. The smallest absolute Gasteiger partial charge is 0.319 e. The van der Waals surface area contributed by atoms with E-state index in [0.29, 0.717) is 12.6 Å². The molecule has 1 saturated carbocycles. The van der Waals surface area contributed by atoms with Gasteiger partial charge in [0.05, 0.1) is 6.61 Å². The van der Waals surface area contributed by atoms with Crippen LogP contribution in [-0.2, 0) is 14.3 Å². The van der Waals surface area contributed by atoms with Gasteiger partial charge < -0.3 is 9.64 Å². The van der Waals surface area contributed by atoms with E-state index >= 15 is 0 Å². The fraction of sp³-hybridized carbons (Fsp3) is 0.867. The molecule has 0 radical (unpaired) electrons. The molecule has 19 heavy (non-hydrogen) atoms. The molecule has 1 fully saturated rings. The average molecular weight is 269 g/mol. The first-order chi connectivity index (χ1) is 8.82. The first-order valence-corrected chi connectivity index (χ1v) is 7.30. The topological polar surface area (TPSA) is 46.6 Å². The van der Waals surface area contributed by atoms with Crippen LogP contribution < -0.4 is 0 Å². The van der Waals surface area contributed by atoms with E-state index < -0.39 is 11.3 Å². The van der Waals surface area contributed by atoms with Gasteiger partial charge in [-0.3, -0.25) is 9.59 Å². The van der Waals surface area contributed by atoms with Crippen LogP contribution in [0.2, 0.25) is 0 Å². The van der Waals surface area contributed by atoms with Crippen LogP contribution in [0.15, 0.2) is 0 Å². The van der Waals surface area contributed by atoms with Gasteiger partial charge in [0.2, 0.25) is 5.91 Å². The lowest BCUT2D eigenvalue weighted by Crippen LogP contribution is -2.47. The molecule has 0 aliphatic heterocycles. The van der Waals surface area contributed by atoms with Crippen LogP contribution in [0.5, 0.6) is 0 Å². The van der Waals surface area contributed by atoms with Gasteiger partial charge >= 0.3 is 5.97 Å². The van der Waals surface area contributed by atoms with Gasteiger partial charge in [0.1, 0.15) is 5.92 Å². The Hall–Kier alpha value is -1.06. The van der Waals surface area contributed by atoms with Crippen LogP contribution in [0.25, 0.3) is 0 Å². The van der Waals surface area contributed by atoms with Crippen molar-refractivity contribution in [2.45, 2.75) is 59.9 Å². The Bertz CT molecular complexity index is 329. The van der Waals surface area contributed by atoms with Crippen LogP contribution in [0, 0.1) is 11.3 Å². The SMILES string of the molecule is CCCN(C(=O)C(C(=O)OCC)C(C)(C)C)C1CC1. The first-order valence-electron chi connectivity index (χ1n) is 7.30. The summed E-state index contributed by atoms with van der Waals surface area (Å²) >= 11 is 0. The van der Waals surface area contributed by atoms with E-state index in [2.05, 4.69) is 6.92 Å². The van der Waals surface area contributed by atoms with Crippen LogP contribution in [0.3, 0.4) is 0 Å². The van der Waals surface area contributed by atoms with Crippen molar-refractivity contribution in [3.63, 3.8) is 0 Å². The Morgan fingerprint density at radius 3 is 2.21 bits per heavy atom.